The molecule has 0 aromatic heterocycles. The number of likely N-dealkylation sites (N-methyl/N-ethyl adjacent to an activating group) is 1. The second kappa shape index (κ2) is 12.0. The first-order chi connectivity index (χ1) is 17.4. The highest BCUT2D eigenvalue weighted by atomic mass is 35.5. The summed E-state index contributed by atoms with van der Waals surface area (Å²) >= 11 is 12.4. The van der Waals surface area contributed by atoms with E-state index in [-0.39, 0.29) is 11.4 Å². The van der Waals surface area contributed by atoms with E-state index in [1.807, 2.05) is 13.0 Å². The van der Waals surface area contributed by atoms with Gasteiger partial charge < -0.3 is 10.2 Å². The number of anilines is 1. The van der Waals surface area contributed by atoms with E-state index in [1.165, 1.54) is 24.1 Å². The van der Waals surface area contributed by atoms with Gasteiger partial charge in [-0.1, -0.05) is 59.6 Å². The zero-order chi connectivity index (χ0) is 27.3. The Hall–Kier alpha value is -3.07. The molecule has 0 heterocycles. The van der Waals surface area contributed by atoms with Gasteiger partial charge in [0.15, 0.2) is 0 Å². The second-order valence-corrected chi connectivity index (χ2v) is 11.4. The number of nitrogens with one attached hydrogen (secondary N) is 1. The maximum absolute atomic E-state index is 13.8. The molecule has 0 bridgehead atoms. The van der Waals surface area contributed by atoms with Crippen molar-refractivity contribution >= 4 is 50.7 Å². The zero-order valence-corrected chi connectivity index (χ0v) is 23.4. The molecule has 0 radical (unpaired) electrons. The van der Waals surface area contributed by atoms with E-state index in [4.69, 9.17) is 23.2 Å². The highest BCUT2D eigenvalue weighted by molar-refractivity contribution is 7.92. The second-order valence-electron chi connectivity index (χ2n) is 8.66. The van der Waals surface area contributed by atoms with Crippen molar-refractivity contribution in [3.05, 3.63) is 93.5 Å². The first-order valence-corrected chi connectivity index (χ1v) is 13.7. The predicted octanol–water partition coefficient (Wildman–Crippen LogP) is 4.97. The number of aryl methyl sites for hydroxylation is 2. The average Bonchev–Trinajstić information content (AvgIpc) is 2.87. The number of amides is 2. The number of hydrogen-bond acceptors (Lipinski definition) is 4. The quantitative estimate of drug-likeness (QED) is 0.399. The van der Waals surface area contributed by atoms with Crippen molar-refractivity contribution in [3.63, 3.8) is 0 Å². The fraction of sp³-hybridized carbons (Fsp3) is 0.259. The van der Waals surface area contributed by atoms with Crippen molar-refractivity contribution < 1.29 is 18.0 Å². The summed E-state index contributed by atoms with van der Waals surface area (Å²) in [7, 11) is -2.65. The van der Waals surface area contributed by atoms with Crippen LogP contribution in [0.4, 0.5) is 5.69 Å². The van der Waals surface area contributed by atoms with Crippen LogP contribution in [-0.2, 0) is 26.2 Å². The Kier molecular flexibility index (Phi) is 9.23. The van der Waals surface area contributed by atoms with Gasteiger partial charge in [0.2, 0.25) is 11.8 Å². The molecule has 0 saturated heterocycles. The average molecular weight is 563 g/mol. The molecule has 0 saturated carbocycles. The predicted molar refractivity (Wildman–Crippen MR) is 147 cm³/mol. The number of sulfonamides is 1. The largest absolute Gasteiger partial charge is 0.357 e. The molecule has 0 aliphatic carbocycles. The van der Waals surface area contributed by atoms with Crippen LogP contribution in [0.25, 0.3) is 0 Å². The van der Waals surface area contributed by atoms with E-state index in [0.717, 1.165) is 9.87 Å². The molecule has 0 aliphatic rings. The number of rotatable bonds is 9. The normalized spacial score (nSPS) is 12.1. The van der Waals surface area contributed by atoms with Crippen LogP contribution in [0.1, 0.15) is 23.6 Å². The third-order valence-corrected chi connectivity index (χ3v) is 8.37. The maximum atomic E-state index is 13.8. The number of hydrogen-bond donors (Lipinski definition) is 1. The van der Waals surface area contributed by atoms with Gasteiger partial charge in [-0.15, -0.1) is 0 Å². The fourth-order valence-corrected chi connectivity index (χ4v) is 5.81. The van der Waals surface area contributed by atoms with Gasteiger partial charge in [0.1, 0.15) is 12.6 Å². The van der Waals surface area contributed by atoms with Crippen LogP contribution in [0.5, 0.6) is 0 Å². The van der Waals surface area contributed by atoms with Crippen molar-refractivity contribution in [1.29, 1.82) is 0 Å². The minimum absolute atomic E-state index is 0.0184. The van der Waals surface area contributed by atoms with E-state index >= 15 is 0 Å². The number of nitrogens with zero attached hydrogens (tertiary/aromatic N) is 2. The first-order valence-electron chi connectivity index (χ1n) is 11.6. The Morgan fingerprint density at radius 2 is 1.65 bits per heavy atom. The van der Waals surface area contributed by atoms with E-state index in [2.05, 4.69) is 5.32 Å². The molecule has 0 fully saturated rings. The van der Waals surface area contributed by atoms with Gasteiger partial charge in [0, 0.05) is 23.6 Å². The van der Waals surface area contributed by atoms with Crippen LogP contribution >= 0.6 is 23.2 Å². The van der Waals surface area contributed by atoms with Crippen molar-refractivity contribution in [2.24, 2.45) is 0 Å². The van der Waals surface area contributed by atoms with E-state index < -0.39 is 34.4 Å². The smallest absolute Gasteiger partial charge is 0.264 e. The Bertz CT molecular complexity index is 1400. The zero-order valence-electron chi connectivity index (χ0n) is 21.0. The van der Waals surface area contributed by atoms with E-state index in [9.17, 15) is 18.0 Å². The summed E-state index contributed by atoms with van der Waals surface area (Å²) in [5.74, 6) is -0.967. The summed E-state index contributed by atoms with van der Waals surface area (Å²) in [6, 6.07) is 17.3. The highest BCUT2D eigenvalue weighted by Gasteiger charge is 2.33. The summed E-state index contributed by atoms with van der Waals surface area (Å²) in [6.07, 6.45) is 0. The molecule has 1 atom stereocenters. The number of halogens is 2. The molecule has 196 valence electrons. The van der Waals surface area contributed by atoms with Gasteiger partial charge in [0.25, 0.3) is 10.0 Å². The molecule has 0 aliphatic heterocycles. The minimum atomic E-state index is -4.12. The molecular weight excluding hydrogens is 533 g/mol. The van der Waals surface area contributed by atoms with Crippen LogP contribution in [0, 0.1) is 13.8 Å². The van der Waals surface area contributed by atoms with Gasteiger partial charge in [-0.2, -0.15) is 0 Å². The van der Waals surface area contributed by atoms with Crippen LogP contribution in [0.3, 0.4) is 0 Å². The molecule has 1 N–H and O–H groups in total. The van der Waals surface area contributed by atoms with Crippen LogP contribution < -0.4 is 9.62 Å². The maximum Gasteiger partial charge on any atom is 0.264 e. The molecule has 37 heavy (non-hydrogen) atoms. The van der Waals surface area contributed by atoms with Crippen LogP contribution in [0.2, 0.25) is 10.0 Å². The number of carbonyl (C=O) groups excluding carboxylic acids is 2. The molecule has 7 nitrogen and oxygen atoms in total. The summed E-state index contributed by atoms with van der Waals surface area (Å²) in [5, 5.41) is 3.31. The fourth-order valence-electron chi connectivity index (χ4n) is 3.85. The molecule has 0 spiro atoms. The Morgan fingerprint density at radius 1 is 0.973 bits per heavy atom. The van der Waals surface area contributed by atoms with E-state index in [0.29, 0.717) is 26.9 Å². The minimum Gasteiger partial charge on any atom is -0.357 e. The SMILES string of the molecule is CNC(=O)[C@@H](C)N(Cc1ccc(Cl)cc1Cl)C(=O)CN(c1cc(C)ccc1C)S(=O)(=O)c1ccccc1. The van der Waals surface area contributed by atoms with Crippen molar-refractivity contribution in [1.82, 2.24) is 10.2 Å². The molecule has 10 heteroatoms. The molecule has 3 rings (SSSR count). The first kappa shape index (κ1) is 28.5. The van der Waals surface area contributed by atoms with Crippen LogP contribution in [0.15, 0.2) is 71.6 Å². The Morgan fingerprint density at radius 3 is 2.27 bits per heavy atom. The number of benzene rings is 3. The van der Waals surface area contributed by atoms with Crippen molar-refractivity contribution in [2.75, 3.05) is 17.9 Å². The lowest BCUT2D eigenvalue weighted by molar-refractivity contribution is -0.139. The van der Waals surface area contributed by atoms with Gasteiger partial charge in [-0.05, 0) is 67.8 Å². The third-order valence-electron chi connectivity index (χ3n) is 6.01. The summed E-state index contributed by atoms with van der Waals surface area (Å²) in [5.41, 5.74) is 2.48. The van der Waals surface area contributed by atoms with Crippen LogP contribution in [-0.4, -0.2) is 44.8 Å². The van der Waals surface area contributed by atoms with Gasteiger partial charge in [-0.3, -0.25) is 13.9 Å². The van der Waals surface area contributed by atoms with Gasteiger partial charge in [-0.25, -0.2) is 8.42 Å². The topological polar surface area (TPSA) is 86.8 Å². The number of carbonyl (C=O) groups is 2. The monoisotopic (exact) mass is 561 g/mol. The lowest BCUT2D eigenvalue weighted by Gasteiger charge is -2.32. The lowest BCUT2D eigenvalue weighted by atomic mass is 10.1. The summed E-state index contributed by atoms with van der Waals surface area (Å²) in [6.45, 7) is 4.67. The highest BCUT2D eigenvalue weighted by Crippen LogP contribution is 2.29. The summed E-state index contributed by atoms with van der Waals surface area (Å²) < 4.78 is 28.7. The summed E-state index contributed by atoms with van der Waals surface area (Å²) in [4.78, 5) is 27.7. The standard InChI is InChI=1S/C27H29Cl2N3O4S/c1-18-10-11-19(2)25(14-18)32(37(35,36)23-8-6-5-7-9-23)17-26(33)31(20(3)27(34)30-4)16-21-12-13-22(28)15-24(21)29/h5-15,20H,16-17H2,1-4H3,(H,30,34)/t20-/m1/s1. The van der Waals surface area contributed by atoms with E-state index in [1.54, 1.807) is 62.4 Å². The van der Waals surface area contributed by atoms with Gasteiger partial charge in [0.05, 0.1) is 10.6 Å². The Labute approximate surface area is 228 Å². The molecule has 3 aromatic rings. The van der Waals surface area contributed by atoms with Gasteiger partial charge >= 0.3 is 0 Å². The molecule has 3 aromatic carbocycles. The molecule has 2 amide bonds. The van der Waals surface area contributed by atoms with Crippen molar-refractivity contribution in [3.8, 4) is 0 Å². The molecule has 0 unspecified atom stereocenters. The van der Waals surface area contributed by atoms with Crippen molar-refractivity contribution in [2.45, 2.75) is 38.3 Å². The lowest BCUT2D eigenvalue weighted by Crippen LogP contribution is -2.50. The Balaban J connectivity index is 2.08. The molecular formula is C27H29Cl2N3O4S. The third kappa shape index (κ3) is 6.63.